The molecule has 0 atom stereocenters. The van der Waals surface area contributed by atoms with Crippen molar-refractivity contribution < 1.29 is 4.42 Å². The number of H-pyrrole nitrogens is 4. The van der Waals surface area contributed by atoms with E-state index in [0.717, 1.165) is 51.0 Å². The predicted octanol–water partition coefficient (Wildman–Crippen LogP) is 24.0. The maximum absolute atomic E-state index is 5.09. The first-order valence-corrected chi connectivity index (χ1v) is 42.2. The van der Waals surface area contributed by atoms with Crippen LogP contribution in [0.5, 0.6) is 0 Å². The Kier molecular flexibility index (Phi) is 51.0. The summed E-state index contributed by atoms with van der Waals surface area (Å²) in [5, 5.41) is 33.4. The molecule has 26 heteroatoms. The van der Waals surface area contributed by atoms with E-state index in [0.29, 0.717) is 6.67 Å². The topological polar surface area (TPSA) is 312 Å². The van der Waals surface area contributed by atoms with Crippen LogP contribution in [0.1, 0.15) is 318 Å². The molecule has 12 aromatic heterocycles. The largest absolute Gasteiger partial charge is 0.448 e. The molecule has 118 heavy (non-hydrogen) atoms. The van der Waals surface area contributed by atoms with E-state index in [9.17, 15) is 0 Å². The Hall–Kier alpha value is -9.56. The summed E-state index contributed by atoms with van der Waals surface area (Å²) in [6.07, 6.45) is 34.9. The Bertz CT molecular complexity index is 3850. The number of oxazole rings is 1. The third kappa shape index (κ3) is 53.7. The average Bonchev–Trinajstić information content (AvgIpc) is 1.65. The lowest BCUT2D eigenvalue weighted by molar-refractivity contribution is 0.408. The molecule has 12 aromatic rings. The molecular weight excluding hydrogens is 1510 g/mol. The van der Waals surface area contributed by atoms with Gasteiger partial charge in [0, 0.05) is 111 Å². The molecule has 24 nitrogen and oxygen atoms in total. The molecule has 0 amide bonds. The summed E-state index contributed by atoms with van der Waals surface area (Å²) < 4.78 is 7.01. The third-order valence-corrected chi connectivity index (χ3v) is 17.0. The van der Waals surface area contributed by atoms with Crippen LogP contribution in [0.3, 0.4) is 0 Å². The van der Waals surface area contributed by atoms with Crippen molar-refractivity contribution in [2.45, 2.75) is 319 Å². The highest BCUT2D eigenvalue weighted by Crippen LogP contribution is 2.28. The van der Waals surface area contributed by atoms with Crippen LogP contribution in [-0.4, -0.2) is 124 Å². The van der Waals surface area contributed by atoms with E-state index in [1.54, 1.807) is 84.3 Å². The van der Waals surface area contributed by atoms with E-state index < -0.39 is 0 Å². The molecule has 0 saturated carbocycles. The van der Waals surface area contributed by atoms with Crippen molar-refractivity contribution in [3.8, 4) is 0 Å². The van der Waals surface area contributed by atoms with Crippen molar-refractivity contribution in [3.63, 3.8) is 0 Å². The highest BCUT2D eigenvalue weighted by atomic mass is 32.1. The fourth-order valence-corrected chi connectivity index (χ4v) is 9.25. The van der Waals surface area contributed by atoms with Crippen LogP contribution in [0.15, 0.2) is 180 Å². The number of hydrogen-bond acceptors (Lipinski definition) is 21. The fourth-order valence-electron chi connectivity index (χ4n) is 7.89. The number of aryl methyl sites for hydroxylation is 1. The van der Waals surface area contributed by atoms with E-state index in [1.807, 2.05) is 105 Å². The SMILES string of the molecule is CC.CC(C)(C)C1=NCN=C1.CC(C)(C)c1ccncc1.CC(C)(C)c1ccncn1.CC(C)(C)c1ccnnc1.CC(C)(C)c1cn[nH]c1.CC(C)(C)c1cnc[nH]1.CC(C)(C)c1cnco1.CC(C)(C)c1cncs1.CC(C)(C)c1nncs1.CC(C)C.CC(C)C.Cc1ccc2ncc(C(C)(C)C)n2n1.c1c[nH]cn1.c1nc[nH]n1. The molecule has 0 fully saturated rings. The standard InChI is InChI=1S/C11H15N3.C9H13N.2C8H12N2.3C7H12N2.C7H11NO.C7H11NS.C6H10N2S.2C4H10.C3H4N2.C2H3N3.C2H6/c1-8-5-6-10-12-7-9(11(2,3)4)14(10)13-8;1-9(2,3)8-4-6-10-7-5-8;1-8(2,3)7-4-5-9-6-10-7;1-8(2,3)7-4-5-9-10-6-7;2*1-7(2,3)6-4-8-5-9-6;1-7(2,3)6-4-8-9-5-6;2*1-7(2,3)6-4-8-5-9-6;1-6(2,3)5-8-7-4-9-5;2*1-4(2)3;1-2-5-3-4-1;1-3-2-5-4-1;1-2/h5-7H,1-4H3;4-7H,1-3H3;2*4-6H,1-3H3;4H,5H2,1-3H3;2*4-5H,1-3H3,(H,8,9);2*4-5H,1-3H3;4H,1-3H3;2*4H,1-3H3;1-3H,(H,4,5);1-2H,(H,3,4,5);1-2H3. The quantitative estimate of drug-likeness (QED) is 0.110. The minimum absolute atomic E-state index is 0.0835. The molecule has 0 spiro atoms. The molecular formula is C92H153N23OS2. The number of aromatic nitrogens is 21. The molecule has 0 bridgehead atoms. The predicted molar refractivity (Wildman–Crippen MR) is 498 cm³/mol. The first-order chi connectivity index (χ1) is 54.4. The average molecular weight is 1660 g/mol. The number of aromatic amines is 4. The molecule has 654 valence electrons. The van der Waals surface area contributed by atoms with E-state index >= 15 is 0 Å². The van der Waals surface area contributed by atoms with Crippen LogP contribution in [0, 0.1) is 24.2 Å². The molecule has 0 aromatic carbocycles. The Labute approximate surface area is 719 Å². The maximum Gasteiger partial charge on any atom is 0.180 e. The number of fused-ring (bicyclic) bond motifs is 1. The zero-order valence-corrected chi connectivity index (χ0v) is 81.4. The van der Waals surface area contributed by atoms with Gasteiger partial charge in [0.05, 0.1) is 60.1 Å². The second-order valence-electron chi connectivity index (χ2n) is 38.7. The van der Waals surface area contributed by atoms with E-state index in [-0.39, 0.29) is 54.1 Å². The lowest BCUT2D eigenvalue weighted by Crippen LogP contribution is -2.19. The Balaban J connectivity index is 0. The summed E-state index contributed by atoms with van der Waals surface area (Å²) >= 11 is 3.33. The summed E-state index contributed by atoms with van der Waals surface area (Å²) in [5.74, 6) is 2.60. The number of hydrogen-bond donors (Lipinski definition) is 4. The van der Waals surface area contributed by atoms with Crippen LogP contribution in [0.4, 0.5) is 0 Å². The summed E-state index contributed by atoms with van der Waals surface area (Å²) in [7, 11) is 0. The van der Waals surface area contributed by atoms with Gasteiger partial charge in [0.15, 0.2) is 12.0 Å². The normalized spacial score (nSPS) is 11.7. The minimum atomic E-state index is 0.0835. The molecule has 1 aliphatic rings. The number of pyridine rings is 1. The zero-order chi connectivity index (χ0) is 90.8. The van der Waals surface area contributed by atoms with Gasteiger partial charge in [-0.15, -0.1) is 32.9 Å². The Morgan fingerprint density at radius 3 is 1.31 bits per heavy atom. The summed E-state index contributed by atoms with van der Waals surface area (Å²) in [6, 6.07) is 12.0. The number of thiazole rings is 1. The van der Waals surface area contributed by atoms with E-state index in [4.69, 9.17) is 4.42 Å². The highest BCUT2D eigenvalue weighted by molar-refractivity contribution is 7.09. The van der Waals surface area contributed by atoms with Crippen molar-refractivity contribution in [3.05, 3.63) is 221 Å². The monoisotopic (exact) mass is 1660 g/mol. The van der Waals surface area contributed by atoms with Crippen molar-refractivity contribution in [2.75, 3.05) is 6.67 Å². The lowest BCUT2D eigenvalue weighted by Gasteiger charge is -2.17. The lowest BCUT2D eigenvalue weighted by atomic mass is 9.88. The van der Waals surface area contributed by atoms with Gasteiger partial charge in [-0.25, -0.2) is 39.4 Å². The Morgan fingerprint density at radius 2 is 1.04 bits per heavy atom. The molecule has 13 rings (SSSR count). The van der Waals surface area contributed by atoms with Crippen LogP contribution in [0.25, 0.3) is 5.65 Å². The number of rotatable bonds is 0. The first kappa shape index (κ1) is 110. The van der Waals surface area contributed by atoms with Gasteiger partial charge in [0.1, 0.15) is 41.9 Å². The maximum atomic E-state index is 5.09. The van der Waals surface area contributed by atoms with Gasteiger partial charge in [0.2, 0.25) is 0 Å². The summed E-state index contributed by atoms with van der Waals surface area (Å²) in [4.78, 5) is 50.6. The molecule has 0 radical (unpaired) electrons. The van der Waals surface area contributed by atoms with E-state index in [2.05, 4.69) is 372 Å². The van der Waals surface area contributed by atoms with Crippen LogP contribution < -0.4 is 0 Å². The van der Waals surface area contributed by atoms with Crippen LogP contribution in [0.2, 0.25) is 0 Å². The zero-order valence-electron chi connectivity index (χ0n) is 79.7. The number of aliphatic imine (C=N–C) groups is 2. The van der Waals surface area contributed by atoms with Crippen LogP contribution in [-0.2, 0) is 48.7 Å². The summed E-state index contributed by atoms with van der Waals surface area (Å²) in [5.41, 5.74) is 15.7. The minimum Gasteiger partial charge on any atom is -0.448 e. The van der Waals surface area contributed by atoms with E-state index in [1.165, 1.54) is 46.3 Å². The molecule has 0 unspecified atom stereocenters. The molecule has 0 saturated heterocycles. The van der Waals surface area contributed by atoms with Gasteiger partial charge in [0.25, 0.3) is 0 Å². The van der Waals surface area contributed by atoms with Gasteiger partial charge in [-0.1, -0.05) is 263 Å². The highest BCUT2D eigenvalue weighted by Gasteiger charge is 2.22. The van der Waals surface area contributed by atoms with Gasteiger partial charge >= 0.3 is 0 Å². The summed E-state index contributed by atoms with van der Waals surface area (Å²) in [6.45, 7) is 84.2. The van der Waals surface area contributed by atoms with Crippen molar-refractivity contribution in [2.24, 2.45) is 27.2 Å². The van der Waals surface area contributed by atoms with Crippen molar-refractivity contribution in [1.82, 2.24) is 105 Å². The second-order valence-corrected chi connectivity index (χ2v) is 40.4. The molecule has 13 heterocycles. The molecule has 0 aliphatic carbocycles. The van der Waals surface area contributed by atoms with Gasteiger partial charge in [-0.3, -0.25) is 30.2 Å². The molecule has 4 N–H and O–H groups in total. The smallest absolute Gasteiger partial charge is 0.180 e. The van der Waals surface area contributed by atoms with Crippen LogP contribution >= 0.6 is 22.7 Å². The van der Waals surface area contributed by atoms with Gasteiger partial charge in [-0.05, 0) is 93.5 Å². The fraction of sp³-hybridized carbons (Fsp3) is 0.565. The van der Waals surface area contributed by atoms with Crippen molar-refractivity contribution >= 4 is 40.2 Å². The number of nitrogens with one attached hydrogen (secondary N) is 4. The van der Waals surface area contributed by atoms with Crippen molar-refractivity contribution in [1.29, 1.82) is 0 Å². The third-order valence-electron chi connectivity index (χ3n) is 14.7. The molecule has 1 aliphatic heterocycles. The first-order valence-electron chi connectivity index (χ1n) is 40.4. The number of nitrogens with zero attached hydrogens (tertiary/aromatic N) is 19. The van der Waals surface area contributed by atoms with Gasteiger partial charge < -0.3 is 14.4 Å². The van der Waals surface area contributed by atoms with Gasteiger partial charge in [-0.2, -0.15) is 25.5 Å². The second kappa shape index (κ2) is 54.5. The number of imidazole rings is 3. The Morgan fingerprint density at radius 1 is 0.441 bits per heavy atom.